The number of hydrogen-bond acceptors (Lipinski definition) is 3. The van der Waals surface area contributed by atoms with E-state index in [-0.39, 0.29) is 5.41 Å². The van der Waals surface area contributed by atoms with Crippen LogP contribution in [0.25, 0.3) is 16.7 Å². The Morgan fingerprint density at radius 1 is 1.30 bits per heavy atom. The molecule has 4 rings (SSSR count). The lowest BCUT2D eigenvalue weighted by atomic mass is 9.79. The van der Waals surface area contributed by atoms with Gasteiger partial charge in [-0.1, -0.05) is 39.3 Å². The van der Waals surface area contributed by atoms with Crippen molar-refractivity contribution in [2.24, 2.45) is 11.3 Å². The molecule has 0 fully saturated rings. The highest BCUT2D eigenvalue weighted by Gasteiger charge is 2.30. The molecule has 0 spiro atoms. The smallest absolute Gasteiger partial charge is 0.183 e. The van der Waals surface area contributed by atoms with Crippen LogP contribution in [0.15, 0.2) is 36.2 Å². The van der Waals surface area contributed by atoms with E-state index in [1.807, 2.05) is 0 Å². The topological polar surface area (TPSA) is 61.4 Å². The molecule has 0 saturated carbocycles. The summed E-state index contributed by atoms with van der Waals surface area (Å²) < 4.78 is 2.95. The summed E-state index contributed by atoms with van der Waals surface area (Å²) in [6, 6.07) is 6.60. The van der Waals surface area contributed by atoms with Gasteiger partial charge in [0.25, 0.3) is 0 Å². The summed E-state index contributed by atoms with van der Waals surface area (Å²) in [7, 11) is 0. The van der Waals surface area contributed by atoms with E-state index < -0.39 is 0 Å². The highest BCUT2D eigenvalue weighted by atomic mass is 32.1. The number of aromatic nitrogens is 4. The Labute approximate surface area is 184 Å². The molecule has 0 amide bonds. The molecule has 1 aliphatic carbocycles. The predicted octanol–water partition coefficient (Wildman–Crippen LogP) is 6.72. The molecule has 2 aromatic heterocycles. The van der Waals surface area contributed by atoms with Crippen molar-refractivity contribution >= 4 is 29.1 Å². The number of aromatic amines is 2. The van der Waals surface area contributed by atoms with Gasteiger partial charge in [-0.3, -0.25) is 4.57 Å². The van der Waals surface area contributed by atoms with Crippen molar-refractivity contribution in [2.45, 2.75) is 66.3 Å². The van der Waals surface area contributed by atoms with Crippen molar-refractivity contribution < 1.29 is 0 Å². The molecule has 3 aromatic rings. The van der Waals surface area contributed by atoms with Crippen LogP contribution in [0.5, 0.6) is 0 Å². The second-order valence-corrected chi connectivity index (χ2v) is 10.3. The largest absolute Gasteiger partial charge is 0.367 e. The summed E-state index contributed by atoms with van der Waals surface area (Å²) in [5.41, 5.74) is 5.93. The van der Waals surface area contributed by atoms with Gasteiger partial charge in [-0.2, -0.15) is 0 Å². The Hall–Kier alpha value is -2.34. The van der Waals surface area contributed by atoms with Gasteiger partial charge in [0.1, 0.15) is 5.82 Å². The number of benzene rings is 1. The maximum absolute atomic E-state index is 5.85. The van der Waals surface area contributed by atoms with Gasteiger partial charge in [-0.05, 0) is 68.4 Å². The van der Waals surface area contributed by atoms with Crippen LogP contribution in [-0.2, 0) is 0 Å². The molecule has 160 valence electrons. The summed E-state index contributed by atoms with van der Waals surface area (Å²) >= 11 is 5.85. The minimum atomic E-state index is 0.137. The molecule has 3 atom stereocenters. The minimum absolute atomic E-state index is 0.137. The summed E-state index contributed by atoms with van der Waals surface area (Å²) in [5, 5.41) is 3.76. The van der Waals surface area contributed by atoms with E-state index >= 15 is 0 Å². The highest BCUT2D eigenvalue weighted by Crippen LogP contribution is 2.41. The molecule has 3 unspecified atom stereocenters. The van der Waals surface area contributed by atoms with Crippen LogP contribution in [0.1, 0.15) is 66.0 Å². The number of imidazole rings is 2. The fraction of sp³-hybridized carbons (Fsp3) is 0.500. The molecule has 0 saturated heterocycles. The van der Waals surface area contributed by atoms with Crippen molar-refractivity contribution in [1.29, 1.82) is 0 Å². The first-order valence-corrected chi connectivity index (χ1v) is 11.3. The maximum atomic E-state index is 5.85. The van der Waals surface area contributed by atoms with Gasteiger partial charge in [0.05, 0.1) is 28.7 Å². The fourth-order valence-electron chi connectivity index (χ4n) is 4.34. The molecule has 3 N–H and O–H groups in total. The summed E-state index contributed by atoms with van der Waals surface area (Å²) in [5.74, 6) is 1.90. The van der Waals surface area contributed by atoms with Crippen LogP contribution >= 0.6 is 12.2 Å². The Morgan fingerprint density at radius 3 is 2.77 bits per heavy atom. The molecule has 0 bridgehead atoms. The second-order valence-electron chi connectivity index (χ2n) is 9.88. The number of anilines is 1. The average Bonchev–Trinajstić information content (AvgIpc) is 3.24. The molecule has 0 aliphatic heterocycles. The number of H-pyrrole nitrogens is 2. The third kappa shape index (κ3) is 3.85. The summed E-state index contributed by atoms with van der Waals surface area (Å²) in [6.07, 6.45) is 6.41. The molecule has 30 heavy (non-hydrogen) atoms. The van der Waals surface area contributed by atoms with Gasteiger partial charge in [0.2, 0.25) is 0 Å². The fourth-order valence-corrected chi connectivity index (χ4v) is 4.65. The van der Waals surface area contributed by atoms with Crippen LogP contribution < -0.4 is 5.32 Å². The zero-order valence-corrected chi connectivity index (χ0v) is 19.7. The van der Waals surface area contributed by atoms with Crippen LogP contribution in [0.2, 0.25) is 0 Å². The van der Waals surface area contributed by atoms with E-state index in [1.54, 1.807) is 6.33 Å². The summed E-state index contributed by atoms with van der Waals surface area (Å²) in [4.78, 5) is 11.1. The van der Waals surface area contributed by atoms with E-state index in [4.69, 9.17) is 12.2 Å². The van der Waals surface area contributed by atoms with Crippen LogP contribution in [0.4, 0.5) is 5.82 Å². The van der Waals surface area contributed by atoms with E-state index in [9.17, 15) is 0 Å². The van der Waals surface area contributed by atoms with Gasteiger partial charge in [-0.15, -0.1) is 0 Å². The van der Waals surface area contributed by atoms with Crippen LogP contribution in [-0.4, -0.2) is 25.6 Å². The number of allylic oxidation sites excluding steroid dienone is 2. The lowest BCUT2D eigenvalue weighted by molar-refractivity contribution is 0.358. The summed E-state index contributed by atoms with van der Waals surface area (Å²) in [6.45, 7) is 13.6. The Morgan fingerprint density at radius 2 is 2.07 bits per heavy atom. The van der Waals surface area contributed by atoms with Crippen LogP contribution in [0.3, 0.4) is 0 Å². The zero-order chi connectivity index (χ0) is 21.6. The monoisotopic (exact) mass is 423 g/mol. The SMILES string of the molecule is CC1=CC(C)C(c2c(NC(C)C(C)(C)C)[nH]c(=S)n2-c2ccc3nc[nH]c3c2)CC1. The molecule has 2 heterocycles. The second kappa shape index (κ2) is 7.73. The van der Waals surface area contributed by atoms with Crippen molar-refractivity contribution in [3.05, 3.63) is 46.6 Å². The van der Waals surface area contributed by atoms with Crippen molar-refractivity contribution in [2.75, 3.05) is 5.32 Å². The lowest BCUT2D eigenvalue weighted by Gasteiger charge is -2.32. The molecular formula is C24H33N5S. The normalized spacial score (nSPS) is 20.9. The standard InChI is InChI=1S/C24H33N5S/c1-14-7-9-18(15(2)11-14)21-22(27-16(3)24(4,5)6)28-23(30)29(21)17-8-10-19-20(12-17)26-13-25-19/h8,10-13,15-16,18,27H,7,9H2,1-6H3,(H,25,26)(H,28,30). The van der Waals surface area contributed by atoms with E-state index in [0.717, 1.165) is 40.2 Å². The highest BCUT2D eigenvalue weighted by molar-refractivity contribution is 7.71. The minimum Gasteiger partial charge on any atom is -0.367 e. The number of fused-ring (bicyclic) bond motifs is 1. The molecule has 5 nitrogen and oxygen atoms in total. The predicted molar refractivity (Wildman–Crippen MR) is 128 cm³/mol. The first-order valence-electron chi connectivity index (χ1n) is 10.9. The van der Waals surface area contributed by atoms with Crippen molar-refractivity contribution in [3.8, 4) is 5.69 Å². The third-order valence-corrected chi connectivity index (χ3v) is 6.92. The first kappa shape index (κ1) is 20.9. The third-order valence-electron chi connectivity index (χ3n) is 6.64. The molecule has 1 aromatic carbocycles. The van der Waals surface area contributed by atoms with Crippen LogP contribution in [0, 0.1) is 16.1 Å². The Bertz CT molecular complexity index is 1140. The van der Waals surface area contributed by atoms with Gasteiger partial charge in [-0.25, -0.2) is 4.98 Å². The van der Waals surface area contributed by atoms with Gasteiger partial charge < -0.3 is 15.3 Å². The Kier molecular flexibility index (Phi) is 5.39. The molecule has 1 aliphatic rings. The van der Waals surface area contributed by atoms with Crippen molar-refractivity contribution in [1.82, 2.24) is 19.5 Å². The average molecular weight is 424 g/mol. The molecular weight excluding hydrogens is 390 g/mol. The Balaban J connectivity index is 1.87. The van der Waals surface area contributed by atoms with E-state index in [2.05, 4.69) is 90.7 Å². The van der Waals surface area contributed by atoms with E-state index in [1.165, 1.54) is 11.3 Å². The van der Waals surface area contributed by atoms with Crippen molar-refractivity contribution in [3.63, 3.8) is 0 Å². The quantitative estimate of drug-likeness (QED) is 0.322. The van der Waals surface area contributed by atoms with Gasteiger partial charge in [0.15, 0.2) is 4.77 Å². The molecule has 0 radical (unpaired) electrons. The zero-order valence-electron chi connectivity index (χ0n) is 18.8. The number of nitrogens with zero attached hydrogens (tertiary/aromatic N) is 2. The lowest BCUT2D eigenvalue weighted by Crippen LogP contribution is -2.32. The number of rotatable bonds is 4. The first-order chi connectivity index (χ1) is 14.1. The molecule has 6 heteroatoms. The number of nitrogens with one attached hydrogen (secondary N) is 3. The van der Waals surface area contributed by atoms with Gasteiger partial charge >= 0.3 is 0 Å². The van der Waals surface area contributed by atoms with E-state index in [0.29, 0.717) is 17.9 Å². The number of hydrogen-bond donors (Lipinski definition) is 3. The van der Waals surface area contributed by atoms with Gasteiger partial charge in [0, 0.05) is 12.0 Å². The maximum Gasteiger partial charge on any atom is 0.183 e.